The van der Waals surface area contributed by atoms with E-state index in [-0.39, 0.29) is 0 Å². The third-order valence-corrected chi connectivity index (χ3v) is 0.998. The monoisotopic (exact) mass is 124 g/mol. The second kappa shape index (κ2) is 5.29. The molecule has 0 amide bonds. The molecular formula is C8H12O. The van der Waals surface area contributed by atoms with Crippen molar-refractivity contribution in [3.8, 4) is 0 Å². The van der Waals surface area contributed by atoms with Crippen molar-refractivity contribution in [1.82, 2.24) is 0 Å². The highest BCUT2D eigenvalue weighted by Gasteiger charge is 1.78. The molecule has 0 heterocycles. The molecule has 0 aromatic heterocycles. The molecule has 0 fully saturated rings. The maximum atomic E-state index is 10.0. The van der Waals surface area contributed by atoms with E-state index in [1.165, 1.54) is 0 Å². The highest BCUT2D eigenvalue weighted by atomic mass is 16.1. The first-order valence-electron chi connectivity index (χ1n) is 3.04. The molecule has 0 aliphatic heterocycles. The Balaban J connectivity index is 3.56. The van der Waals surface area contributed by atoms with Crippen molar-refractivity contribution in [1.29, 1.82) is 0 Å². The second-order valence-corrected chi connectivity index (χ2v) is 1.87. The fourth-order valence-electron chi connectivity index (χ4n) is 0.438. The second-order valence-electron chi connectivity index (χ2n) is 1.87. The van der Waals surface area contributed by atoms with E-state index in [1.807, 2.05) is 25.2 Å². The maximum Gasteiger partial charge on any atom is 0.145 e. The minimum absolute atomic E-state index is 0.799. The van der Waals surface area contributed by atoms with Crippen LogP contribution >= 0.6 is 0 Å². The van der Waals surface area contributed by atoms with Crippen LogP contribution in [0.3, 0.4) is 0 Å². The molecule has 0 aromatic rings. The van der Waals surface area contributed by atoms with Crippen molar-refractivity contribution >= 4 is 6.29 Å². The number of carbonyl (C=O) groups excluding carboxylic acids is 1. The number of carbonyl (C=O) groups is 1. The highest BCUT2D eigenvalue weighted by molar-refractivity contribution is 5.71. The molecule has 0 spiro atoms. The number of allylic oxidation sites excluding steroid dienone is 4. The first-order chi connectivity index (χ1) is 4.31. The van der Waals surface area contributed by atoms with Crippen molar-refractivity contribution in [2.75, 3.05) is 0 Å². The average molecular weight is 124 g/mol. The lowest BCUT2D eigenvalue weighted by Gasteiger charge is -1.82. The highest BCUT2D eigenvalue weighted by Crippen LogP contribution is 1.91. The average Bonchev–Trinajstić information content (AvgIpc) is 1.89. The molecule has 1 nitrogen and oxygen atoms in total. The fourth-order valence-corrected chi connectivity index (χ4v) is 0.438. The van der Waals surface area contributed by atoms with Gasteiger partial charge in [0.15, 0.2) is 0 Å². The summed E-state index contributed by atoms with van der Waals surface area (Å²) < 4.78 is 0. The third kappa shape index (κ3) is 5.01. The normalized spacial score (nSPS) is 12.4. The standard InChI is InChI=1S/C8H12O/c1-3-4-5-6-8(2)7-9/h3-4,6-7H,5H2,1-2H3/b4-3-,8-6+. The van der Waals surface area contributed by atoms with Crippen LogP contribution in [0.25, 0.3) is 0 Å². The summed E-state index contributed by atoms with van der Waals surface area (Å²) in [6.07, 6.45) is 7.60. The molecule has 0 aliphatic rings. The van der Waals surface area contributed by atoms with E-state index >= 15 is 0 Å². The topological polar surface area (TPSA) is 17.1 Å². The van der Waals surface area contributed by atoms with Gasteiger partial charge in [-0.3, -0.25) is 4.79 Å². The summed E-state index contributed by atoms with van der Waals surface area (Å²) >= 11 is 0. The molecule has 9 heavy (non-hydrogen) atoms. The number of rotatable bonds is 3. The molecule has 1 heteroatoms. The zero-order valence-electron chi connectivity index (χ0n) is 5.92. The summed E-state index contributed by atoms with van der Waals surface area (Å²) in [6.45, 7) is 3.76. The predicted octanol–water partition coefficient (Wildman–Crippen LogP) is 2.10. The fraction of sp³-hybridized carbons (Fsp3) is 0.375. The van der Waals surface area contributed by atoms with E-state index in [2.05, 4.69) is 0 Å². The van der Waals surface area contributed by atoms with Gasteiger partial charge >= 0.3 is 0 Å². The maximum absolute atomic E-state index is 10.0. The van der Waals surface area contributed by atoms with Gasteiger partial charge < -0.3 is 0 Å². The zero-order chi connectivity index (χ0) is 7.11. The van der Waals surface area contributed by atoms with Crippen LogP contribution in [0.15, 0.2) is 23.8 Å². The van der Waals surface area contributed by atoms with Crippen molar-refractivity contribution in [3.63, 3.8) is 0 Å². The van der Waals surface area contributed by atoms with Crippen LogP contribution in [-0.4, -0.2) is 6.29 Å². The lowest BCUT2D eigenvalue weighted by molar-refractivity contribution is -0.104. The smallest absolute Gasteiger partial charge is 0.145 e. The van der Waals surface area contributed by atoms with Crippen LogP contribution in [0.5, 0.6) is 0 Å². The van der Waals surface area contributed by atoms with E-state index < -0.39 is 0 Å². The van der Waals surface area contributed by atoms with Crippen LogP contribution in [0.2, 0.25) is 0 Å². The Labute approximate surface area is 56.1 Å². The Hall–Kier alpha value is -0.850. The van der Waals surface area contributed by atoms with Gasteiger partial charge in [-0.1, -0.05) is 18.2 Å². The quantitative estimate of drug-likeness (QED) is 0.320. The Morgan fingerprint density at radius 3 is 2.67 bits per heavy atom. The zero-order valence-corrected chi connectivity index (χ0v) is 5.92. The predicted molar refractivity (Wildman–Crippen MR) is 39.3 cm³/mol. The van der Waals surface area contributed by atoms with Crippen LogP contribution in [0.1, 0.15) is 20.3 Å². The van der Waals surface area contributed by atoms with Crippen LogP contribution < -0.4 is 0 Å². The number of hydrogen-bond acceptors (Lipinski definition) is 1. The van der Waals surface area contributed by atoms with E-state index in [9.17, 15) is 4.79 Å². The first kappa shape index (κ1) is 8.15. The van der Waals surface area contributed by atoms with Gasteiger partial charge in [0, 0.05) is 0 Å². The van der Waals surface area contributed by atoms with E-state index in [4.69, 9.17) is 0 Å². The van der Waals surface area contributed by atoms with Gasteiger partial charge in [0.05, 0.1) is 0 Å². The summed E-state index contributed by atoms with van der Waals surface area (Å²) in [5.41, 5.74) is 0.799. The molecule has 0 saturated heterocycles. The van der Waals surface area contributed by atoms with Crippen molar-refractivity contribution in [3.05, 3.63) is 23.8 Å². The number of hydrogen-bond donors (Lipinski definition) is 0. The summed E-state index contributed by atoms with van der Waals surface area (Å²) in [5.74, 6) is 0. The Morgan fingerprint density at radius 2 is 2.22 bits per heavy atom. The molecule has 0 aliphatic carbocycles. The third-order valence-electron chi connectivity index (χ3n) is 0.998. The summed E-state index contributed by atoms with van der Waals surface area (Å²) in [5, 5.41) is 0. The molecule has 0 saturated carbocycles. The molecule has 0 bridgehead atoms. The van der Waals surface area contributed by atoms with E-state index in [0.29, 0.717) is 0 Å². The molecule has 0 unspecified atom stereocenters. The van der Waals surface area contributed by atoms with Gasteiger partial charge in [0.1, 0.15) is 6.29 Å². The summed E-state index contributed by atoms with van der Waals surface area (Å²) in [6, 6.07) is 0. The molecule has 0 N–H and O–H groups in total. The molecule has 50 valence electrons. The summed E-state index contributed by atoms with van der Waals surface area (Å²) in [4.78, 5) is 10.0. The lowest BCUT2D eigenvalue weighted by Crippen LogP contribution is -1.73. The summed E-state index contributed by atoms with van der Waals surface area (Å²) in [7, 11) is 0. The van der Waals surface area contributed by atoms with Crippen LogP contribution in [0, 0.1) is 0 Å². The van der Waals surface area contributed by atoms with E-state index in [0.717, 1.165) is 18.3 Å². The largest absolute Gasteiger partial charge is 0.298 e. The van der Waals surface area contributed by atoms with Gasteiger partial charge in [-0.2, -0.15) is 0 Å². The van der Waals surface area contributed by atoms with Gasteiger partial charge in [-0.25, -0.2) is 0 Å². The molecule has 0 atom stereocenters. The first-order valence-corrected chi connectivity index (χ1v) is 3.04. The van der Waals surface area contributed by atoms with Gasteiger partial charge in [-0.05, 0) is 25.8 Å². The Morgan fingerprint density at radius 1 is 1.56 bits per heavy atom. The van der Waals surface area contributed by atoms with Crippen LogP contribution in [0.4, 0.5) is 0 Å². The minimum atomic E-state index is 0.799. The molecule has 0 aromatic carbocycles. The Bertz CT molecular complexity index is 132. The van der Waals surface area contributed by atoms with Gasteiger partial charge in [0.25, 0.3) is 0 Å². The molecule has 0 rings (SSSR count). The Kier molecular flexibility index (Phi) is 4.79. The SMILES string of the molecule is C/C=C\C/C=C(\C)C=O. The van der Waals surface area contributed by atoms with Gasteiger partial charge in [0.2, 0.25) is 0 Å². The van der Waals surface area contributed by atoms with Gasteiger partial charge in [-0.15, -0.1) is 0 Å². The van der Waals surface area contributed by atoms with Crippen molar-refractivity contribution < 1.29 is 4.79 Å². The molecule has 0 radical (unpaired) electrons. The minimum Gasteiger partial charge on any atom is -0.298 e. The van der Waals surface area contributed by atoms with Crippen molar-refractivity contribution in [2.24, 2.45) is 0 Å². The van der Waals surface area contributed by atoms with Crippen molar-refractivity contribution in [2.45, 2.75) is 20.3 Å². The van der Waals surface area contributed by atoms with E-state index in [1.54, 1.807) is 6.92 Å². The molecular weight excluding hydrogens is 112 g/mol. The van der Waals surface area contributed by atoms with Crippen LogP contribution in [-0.2, 0) is 4.79 Å². The number of aldehydes is 1. The lowest BCUT2D eigenvalue weighted by atomic mass is 10.2.